The van der Waals surface area contributed by atoms with Crippen LogP contribution in [-0.4, -0.2) is 21.2 Å². The molecule has 2 unspecified atom stereocenters. The standard InChI is InChI=1S/C14H15NO3/c1-2-10(14(17)18)13(16)11-7-3-5-9-6-4-8-15-12(9)11/h3-8,10,13,16H,2H2,1H3,(H,17,18). The highest BCUT2D eigenvalue weighted by atomic mass is 16.4. The van der Waals surface area contributed by atoms with Crippen molar-refractivity contribution in [2.45, 2.75) is 19.4 Å². The number of aliphatic hydroxyl groups excluding tert-OH is 1. The maximum Gasteiger partial charge on any atom is 0.309 e. The van der Waals surface area contributed by atoms with Crippen LogP contribution in [0.1, 0.15) is 25.0 Å². The van der Waals surface area contributed by atoms with Gasteiger partial charge in [0, 0.05) is 17.1 Å². The van der Waals surface area contributed by atoms with E-state index in [1.807, 2.05) is 18.2 Å². The molecule has 0 fully saturated rings. The summed E-state index contributed by atoms with van der Waals surface area (Å²) in [7, 11) is 0. The van der Waals surface area contributed by atoms with Gasteiger partial charge in [0.05, 0.1) is 17.5 Å². The molecule has 94 valence electrons. The molecule has 1 aromatic heterocycles. The molecule has 0 bridgehead atoms. The number of carbonyl (C=O) groups is 1. The highest BCUT2D eigenvalue weighted by Crippen LogP contribution is 2.29. The van der Waals surface area contributed by atoms with Crippen molar-refractivity contribution < 1.29 is 15.0 Å². The SMILES string of the molecule is CCC(C(=O)O)C(O)c1cccc2cccnc12. The second-order valence-corrected chi connectivity index (χ2v) is 4.22. The first-order valence-electron chi connectivity index (χ1n) is 5.89. The van der Waals surface area contributed by atoms with Crippen molar-refractivity contribution >= 4 is 16.9 Å². The lowest BCUT2D eigenvalue weighted by Crippen LogP contribution is -2.21. The summed E-state index contributed by atoms with van der Waals surface area (Å²) in [5, 5.41) is 20.2. The van der Waals surface area contributed by atoms with Crippen molar-refractivity contribution in [3.63, 3.8) is 0 Å². The van der Waals surface area contributed by atoms with E-state index in [1.165, 1.54) is 0 Å². The molecule has 0 spiro atoms. The molecule has 2 rings (SSSR count). The topological polar surface area (TPSA) is 70.4 Å². The van der Waals surface area contributed by atoms with E-state index in [4.69, 9.17) is 5.11 Å². The molecule has 4 heteroatoms. The predicted octanol–water partition coefficient (Wildman–Crippen LogP) is 2.38. The highest BCUT2D eigenvalue weighted by Gasteiger charge is 2.27. The third-order valence-electron chi connectivity index (χ3n) is 3.12. The fraction of sp³-hybridized carbons (Fsp3) is 0.286. The van der Waals surface area contributed by atoms with Crippen LogP contribution < -0.4 is 0 Å². The van der Waals surface area contributed by atoms with Gasteiger partial charge in [-0.25, -0.2) is 0 Å². The summed E-state index contributed by atoms with van der Waals surface area (Å²) >= 11 is 0. The number of carboxylic acid groups (broad SMARTS) is 1. The fourth-order valence-electron chi connectivity index (χ4n) is 2.12. The van der Waals surface area contributed by atoms with Gasteiger partial charge in [-0.1, -0.05) is 31.2 Å². The Bertz CT molecular complexity index is 562. The number of benzene rings is 1. The molecule has 0 aliphatic heterocycles. The normalized spacial score (nSPS) is 14.3. The van der Waals surface area contributed by atoms with E-state index in [0.29, 0.717) is 17.5 Å². The number of hydrogen-bond acceptors (Lipinski definition) is 3. The lowest BCUT2D eigenvalue weighted by molar-refractivity contribution is -0.146. The number of pyridine rings is 1. The lowest BCUT2D eigenvalue weighted by atomic mass is 9.92. The monoisotopic (exact) mass is 245 g/mol. The van der Waals surface area contributed by atoms with Gasteiger partial charge in [-0.3, -0.25) is 9.78 Å². The molecule has 0 radical (unpaired) electrons. The summed E-state index contributed by atoms with van der Waals surface area (Å²) in [5.41, 5.74) is 1.23. The second-order valence-electron chi connectivity index (χ2n) is 4.22. The van der Waals surface area contributed by atoms with Gasteiger partial charge in [0.15, 0.2) is 0 Å². The largest absolute Gasteiger partial charge is 0.481 e. The number of nitrogens with zero attached hydrogens (tertiary/aromatic N) is 1. The molecule has 18 heavy (non-hydrogen) atoms. The predicted molar refractivity (Wildman–Crippen MR) is 68.1 cm³/mol. The minimum absolute atomic E-state index is 0.375. The quantitative estimate of drug-likeness (QED) is 0.867. The smallest absolute Gasteiger partial charge is 0.309 e. The van der Waals surface area contributed by atoms with E-state index in [0.717, 1.165) is 5.39 Å². The molecule has 0 saturated carbocycles. The number of aromatic nitrogens is 1. The summed E-state index contributed by atoms with van der Waals surface area (Å²) in [6, 6.07) is 9.12. The Morgan fingerprint density at radius 3 is 2.72 bits per heavy atom. The van der Waals surface area contributed by atoms with Crippen molar-refractivity contribution in [3.05, 3.63) is 42.1 Å². The number of para-hydroxylation sites is 1. The molecular weight excluding hydrogens is 230 g/mol. The summed E-state index contributed by atoms with van der Waals surface area (Å²) in [6.45, 7) is 1.75. The number of fused-ring (bicyclic) bond motifs is 1. The molecule has 1 aromatic carbocycles. The van der Waals surface area contributed by atoms with E-state index < -0.39 is 18.0 Å². The highest BCUT2D eigenvalue weighted by molar-refractivity contribution is 5.82. The number of rotatable bonds is 4. The molecule has 0 amide bonds. The van der Waals surface area contributed by atoms with Gasteiger partial charge in [-0.15, -0.1) is 0 Å². The van der Waals surface area contributed by atoms with Crippen LogP contribution in [0.2, 0.25) is 0 Å². The van der Waals surface area contributed by atoms with Crippen LogP contribution in [0, 0.1) is 5.92 Å². The zero-order chi connectivity index (χ0) is 13.1. The van der Waals surface area contributed by atoms with Gasteiger partial charge in [-0.2, -0.15) is 0 Å². The Balaban J connectivity index is 2.50. The number of aliphatic hydroxyl groups is 1. The summed E-state index contributed by atoms with van der Waals surface area (Å²) < 4.78 is 0. The van der Waals surface area contributed by atoms with E-state index in [9.17, 15) is 9.90 Å². The minimum atomic E-state index is -1.04. The van der Waals surface area contributed by atoms with Crippen molar-refractivity contribution in [2.75, 3.05) is 0 Å². The van der Waals surface area contributed by atoms with Crippen LogP contribution in [0.25, 0.3) is 10.9 Å². The molecule has 4 nitrogen and oxygen atoms in total. The van der Waals surface area contributed by atoms with Gasteiger partial charge in [0.2, 0.25) is 0 Å². The first kappa shape index (κ1) is 12.5. The first-order valence-corrected chi connectivity index (χ1v) is 5.89. The Labute approximate surface area is 105 Å². The molecule has 2 atom stereocenters. The average molecular weight is 245 g/mol. The molecule has 0 aliphatic carbocycles. The van der Waals surface area contributed by atoms with Crippen LogP contribution in [0.5, 0.6) is 0 Å². The lowest BCUT2D eigenvalue weighted by Gasteiger charge is -2.18. The summed E-state index contributed by atoms with van der Waals surface area (Å²) in [6.07, 6.45) is 0.978. The first-order chi connectivity index (χ1) is 8.65. The van der Waals surface area contributed by atoms with E-state index in [1.54, 1.807) is 25.3 Å². The zero-order valence-corrected chi connectivity index (χ0v) is 10.1. The Kier molecular flexibility index (Phi) is 3.58. The number of hydrogen-bond donors (Lipinski definition) is 2. The molecule has 2 N–H and O–H groups in total. The molecular formula is C14H15NO3. The fourth-order valence-corrected chi connectivity index (χ4v) is 2.12. The van der Waals surface area contributed by atoms with E-state index in [-0.39, 0.29) is 0 Å². The third-order valence-corrected chi connectivity index (χ3v) is 3.12. The molecule has 2 aromatic rings. The van der Waals surface area contributed by atoms with Crippen molar-refractivity contribution in [2.24, 2.45) is 5.92 Å². The van der Waals surface area contributed by atoms with Crippen molar-refractivity contribution in [3.8, 4) is 0 Å². The van der Waals surface area contributed by atoms with Crippen LogP contribution in [-0.2, 0) is 4.79 Å². The van der Waals surface area contributed by atoms with Gasteiger partial charge in [0.1, 0.15) is 0 Å². The van der Waals surface area contributed by atoms with E-state index >= 15 is 0 Å². The molecule has 1 heterocycles. The number of carboxylic acids is 1. The van der Waals surface area contributed by atoms with Crippen molar-refractivity contribution in [1.82, 2.24) is 4.98 Å². The van der Waals surface area contributed by atoms with E-state index in [2.05, 4.69) is 4.98 Å². The maximum atomic E-state index is 11.1. The second kappa shape index (κ2) is 5.14. The third kappa shape index (κ3) is 2.19. The summed E-state index contributed by atoms with van der Waals surface area (Å²) in [5.74, 6) is -1.80. The van der Waals surface area contributed by atoms with Crippen LogP contribution in [0.3, 0.4) is 0 Å². The average Bonchev–Trinajstić information content (AvgIpc) is 2.38. The Morgan fingerprint density at radius 1 is 1.33 bits per heavy atom. The van der Waals surface area contributed by atoms with Gasteiger partial charge < -0.3 is 10.2 Å². The molecule has 0 saturated heterocycles. The Morgan fingerprint density at radius 2 is 2.06 bits per heavy atom. The molecule has 0 aliphatic rings. The van der Waals surface area contributed by atoms with Gasteiger partial charge in [0.25, 0.3) is 0 Å². The van der Waals surface area contributed by atoms with Gasteiger partial charge in [-0.05, 0) is 12.5 Å². The number of aliphatic carboxylic acids is 1. The van der Waals surface area contributed by atoms with Gasteiger partial charge >= 0.3 is 5.97 Å². The van der Waals surface area contributed by atoms with Crippen LogP contribution in [0.4, 0.5) is 0 Å². The van der Waals surface area contributed by atoms with Crippen LogP contribution in [0.15, 0.2) is 36.5 Å². The summed E-state index contributed by atoms with van der Waals surface area (Å²) in [4.78, 5) is 15.3. The maximum absolute atomic E-state index is 11.1. The minimum Gasteiger partial charge on any atom is -0.481 e. The zero-order valence-electron chi connectivity index (χ0n) is 10.1. The van der Waals surface area contributed by atoms with Crippen molar-refractivity contribution in [1.29, 1.82) is 0 Å². The Hall–Kier alpha value is -1.94. The van der Waals surface area contributed by atoms with Crippen LogP contribution >= 0.6 is 0 Å².